The number of anilines is 1. The summed E-state index contributed by atoms with van der Waals surface area (Å²) in [6.45, 7) is 9.36. The van der Waals surface area contributed by atoms with Crippen molar-refractivity contribution in [3.63, 3.8) is 0 Å². The van der Waals surface area contributed by atoms with Crippen molar-refractivity contribution in [1.82, 2.24) is 20.4 Å². The molecular weight excluding hydrogens is 360 g/mol. The van der Waals surface area contributed by atoms with Crippen LogP contribution in [0.5, 0.6) is 0 Å². The third-order valence-electron chi connectivity index (χ3n) is 5.85. The lowest BCUT2D eigenvalue weighted by atomic mass is 10.0. The van der Waals surface area contributed by atoms with Crippen LogP contribution in [0.25, 0.3) is 0 Å². The Balaban J connectivity index is 1.61. The first kappa shape index (κ1) is 21.2. The van der Waals surface area contributed by atoms with Gasteiger partial charge in [-0.2, -0.15) is 5.10 Å². The molecule has 2 heterocycles. The molecule has 0 bridgehead atoms. The molecule has 0 spiro atoms. The standard InChI is InChI=1S/C23H36N6/c1-6-21-20(22(7-2)28(5)27-21)15-25-23(24-4)26-18-9-8-14-29(16-18)19-12-10-17(3)11-13-19/h10-13,18H,6-9,14-16H2,1-5H3,(H2,24,25,26). The number of nitrogens with zero attached hydrogens (tertiary/aromatic N) is 4. The molecule has 0 amide bonds. The summed E-state index contributed by atoms with van der Waals surface area (Å²) in [5, 5.41) is 11.8. The van der Waals surface area contributed by atoms with E-state index in [4.69, 9.17) is 0 Å². The molecule has 1 fully saturated rings. The number of benzene rings is 1. The maximum absolute atomic E-state index is 4.68. The zero-order valence-electron chi connectivity index (χ0n) is 18.6. The van der Waals surface area contributed by atoms with Gasteiger partial charge in [-0.3, -0.25) is 9.67 Å². The molecule has 158 valence electrons. The number of aliphatic imine (C=N–C) groups is 1. The highest BCUT2D eigenvalue weighted by Crippen LogP contribution is 2.20. The first-order valence-corrected chi connectivity index (χ1v) is 10.9. The van der Waals surface area contributed by atoms with Crippen molar-refractivity contribution in [3.8, 4) is 0 Å². The lowest BCUT2D eigenvalue weighted by Gasteiger charge is -2.35. The average molecular weight is 397 g/mol. The van der Waals surface area contributed by atoms with Crippen molar-refractivity contribution >= 4 is 11.6 Å². The van der Waals surface area contributed by atoms with Crippen LogP contribution in [0.1, 0.15) is 49.2 Å². The fraction of sp³-hybridized carbons (Fsp3) is 0.565. The number of nitrogens with one attached hydrogen (secondary N) is 2. The Bertz CT molecular complexity index is 821. The monoisotopic (exact) mass is 396 g/mol. The summed E-state index contributed by atoms with van der Waals surface area (Å²) in [5.74, 6) is 0.869. The van der Waals surface area contributed by atoms with E-state index in [-0.39, 0.29) is 0 Å². The van der Waals surface area contributed by atoms with Crippen molar-refractivity contribution in [2.24, 2.45) is 12.0 Å². The molecule has 0 aliphatic carbocycles. The maximum atomic E-state index is 4.68. The summed E-state index contributed by atoms with van der Waals surface area (Å²) in [4.78, 5) is 6.94. The molecule has 1 aliphatic heterocycles. The fourth-order valence-electron chi connectivity index (χ4n) is 4.24. The molecule has 6 nitrogen and oxygen atoms in total. The first-order chi connectivity index (χ1) is 14.0. The van der Waals surface area contributed by atoms with Crippen LogP contribution >= 0.6 is 0 Å². The number of hydrogen-bond donors (Lipinski definition) is 2. The second-order valence-electron chi connectivity index (χ2n) is 7.89. The Morgan fingerprint density at radius 1 is 1.21 bits per heavy atom. The number of guanidine groups is 1. The second kappa shape index (κ2) is 9.81. The summed E-state index contributed by atoms with van der Waals surface area (Å²) in [5.41, 5.74) is 6.40. The van der Waals surface area contributed by atoms with E-state index in [0.29, 0.717) is 6.04 Å². The van der Waals surface area contributed by atoms with Gasteiger partial charge in [0.25, 0.3) is 0 Å². The number of hydrogen-bond acceptors (Lipinski definition) is 3. The smallest absolute Gasteiger partial charge is 0.191 e. The number of aromatic nitrogens is 2. The van der Waals surface area contributed by atoms with E-state index in [1.54, 1.807) is 0 Å². The van der Waals surface area contributed by atoms with Gasteiger partial charge in [0.15, 0.2) is 5.96 Å². The van der Waals surface area contributed by atoms with Crippen LogP contribution in [0.4, 0.5) is 5.69 Å². The third-order valence-corrected chi connectivity index (χ3v) is 5.85. The molecule has 1 unspecified atom stereocenters. The van der Waals surface area contributed by atoms with Crippen molar-refractivity contribution < 1.29 is 0 Å². The lowest BCUT2D eigenvalue weighted by Crippen LogP contribution is -2.51. The van der Waals surface area contributed by atoms with Crippen LogP contribution in [-0.4, -0.2) is 41.9 Å². The minimum absolute atomic E-state index is 0.390. The summed E-state index contributed by atoms with van der Waals surface area (Å²) < 4.78 is 2.02. The SMILES string of the molecule is CCc1nn(C)c(CC)c1CNC(=NC)NC1CCCN(c2ccc(C)cc2)C1. The van der Waals surface area contributed by atoms with Crippen LogP contribution in [0.3, 0.4) is 0 Å². The largest absolute Gasteiger partial charge is 0.369 e. The van der Waals surface area contributed by atoms with Crippen molar-refractivity contribution in [2.75, 3.05) is 25.0 Å². The van der Waals surface area contributed by atoms with E-state index in [9.17, 15) is 0 Å². The predicted molar refractivity (Wildman–Crippen MR) is 122 cm³/mol. The Hall–Kier alpha value is -2.50. The van der Waals surface area contributed by atoms with Crippen molar-refractivity contribution in [3.05, 3.63) is 46.8 Å². The van der Waals surface area contributed by atoms with Crippen LogP contribution < -0.4 is 15.5 Å². The van der Waals surface area contributed by atoms with Gasteiger partial charge >= 0.3 is 0 Å². The van der Waals surface area contributed by atoms with Gasteiger partial charge in [-0.05, 0) is 44.7 Å². The minimum atomic E-state index is 0.390. The highest BCUT2D eigenvalue weighted by Gasteiger charge is 2.21. The van der Waals surface area contributed by atoms with E-state index < -0.39 is 0 Å². The summed E-state index contributed by atoms with van der Waals surface area (Å²) in [6.07, 6.45) is 4.28. The van der Waals surface area contributed by atoms with Crippen LogP contribution in [0, 0.1) is 6.92 Å². The minimum Gasteiger partial charge on any atom is -0.369 e. The first-order valence-electron chi connectivity index (χ1n) is 10.9. The predicted octanol–water partition coefficient (Wildman–Crippen LogP) is 3.19. The van der Waals surface area contributed by atoms with Gasteiger partial charge in [-0.15, -0.1) is 0 Å². The number of rotatable bonds is 6. The molecule has 0 radical (unpaired) electrons. The van der Waals surface area contributed by atoms with Gasteiger partial charge < -0.3 is 15.5 Å². The number of piperidine rings is 1. The maximum Gasteiger partial charge on any atom is 0.191 e. The average Bonchev–Trinajstić information content (AvgIpc) is 3.06. The molecule has 1 saturated heterocycles. The number of aryl methyl sites for hydroxylation is 3. The molecule has 1 atom stereocenters. The highest BCUT2D eigenvalue weighted by molar-refractivity contribution is 5.80. The normalized spacial score (nSPS) is 17.5. The zero-order chi connectivity index (χ0) is 20.8. The molecule has 29 heavy (non-hydrogen) atoms. The van der Waals surface area contributed by atoms with E-state index in [1.165, 1.54) is 34.6 Å². The molecule has 0 saturated carbocycles. The van der Waals surface area contributed by atoms with Crippen LogP contribution in [-0.2, 0) is 26.4 Å². The van der Waals surface area contributed by atoms with Gasteiger partial charge in [0, 0.05) is 56.7 Å². The van der Waals surface area contributed by atoms with Crippen molar-refractivity contribution in [2.45, 2.75) is 59.0 Å². The zero-order valence-corrected chi connectivity index (χ0v) is 18.6. The highest BCUT2D eigenvalue weighted by atomic mass is 15.3. The topological polar surface area (TPSA) is 57.5 Å². The van der Waals surface area contributed by atoms with E-state index in [0.717, 1.165) is 44.9 Å². The van der Waals surface area contributed by atoms with E-state index in [1.807, 2.05) is 18.8 Å². The molecule has 3 rings (SSSR count). The molecule has 1 aliphatic rings. The third kappa shape index (κ3) is 5.11. The van der Waals surface area contributed by atoms with Gasteiger partial charge in [-0.25, -0.2) is 0 Å². The molecule has 2 N–H and O–H groups in total. The van der Waals surface area contributed by atoms with Gasteiger partial charge in [-0.1, -0.05) is 31.5 Å². The quantitative estimate of drug-likeness (QED) is 0.582. The van der Waals surface area contributed by atoms with E-state index in [2.05, 4.69) is 70.7 Å². The second-order valence-corrected chi connectivity index (χ2v) is 7.89. The summed E-state index contributed by atoms with van der Waals surface area (Å²) in [7, 11) is 3.89. The molecule has 1 aromatic heterocycles. The molecule has 2 aromatic rings. The Morgan fingerprint density at radius 2 is 1.97 bits per heavy atom. The summed E-state index contributed by atoms with van der Waals surface area (Å²) in [6, 6.07) is 9.23. The fourth-order valence-corrected chi connectivity index (χ4v) is 4.24. The van der Waals surface area contributed by atoms with E-state index >= 15 is 0 Å². The van der Waals surface area contributed by atoms with Gasteiger partial charge in [0.2, 0.25) is 0 Å². The van der Waals surface area contributed by atoms with Crippen LogP contribution in [0.2, 0.25) is 0 Å². The van der Waals surface area contributed by atoms with Crippen molar-refractivity contribution in [1.29, 1.82) is 0 Å². The van der Waals surface area contributed by atoms with Gasteiger partial charge in [0.05, 0.1) is 5.69 Å². The van der Waals surface area contributed by atoms with Gasteiger partial charge in [0.1, 0.15) is 0 Å². The lowest BCUT2D eigenvalue weighted by molar-refractivity contribution is 0.468. The molecule has 1 aromatic carbocycles. The van der Waals surface area contributed by atoms with Crippen LogP contribution in [0.15, 0.2) is 29.3 Å². The molecular formula is C23H36N6. The molecule has 6 heteroatoms. The Morgan fingerprint density at radius 3 is 2.62 bits per heavy atom. The summed E-state index contributed by atoms with van der Waals surface area (Å²) >= 11 is 0. The Kier molecular flexibility index (Phi) is 7.18. The Labute approximate surface area is 175 Å².